The maximum absolute atomic E-state index is 13.4. The highest BCUT2D eigenvalue weighted by Crippen LogP contribution is 2.36. The van der Waals surface area contributed by atoms with Crippen LogP contribution in [-0.2, 0) is 10.0 Å². The molecule has 174 valence electrons. The smallest absolute Gasteiger partial charge is 0.264 e. The van der Waals surface area contributed by atoms with Crippen LogP contribution in [-0.4, -0.2) is 34.0 Å². The third-order valence-corrected chi connectivity index (χ3v) is 7.99. The van der Waals surface area contributed by atoms with Gasteiger partial charge in [-0.2, -0.15) is 0 Å². The average Bonchev–Trinajstić information content (AvgIpc) is 3.67. The van der Waals surface area contributed by atoms with E-state index in [-0.39, 0.29) is 17.3 Å². The molecule has 0 unspecified atom stereocenters. The molecule has 0 bridgehead atoms. The van der Waals surface area contributed by atoms with Gasteiger partial charge in [-0.15, -0.1) is 0 Å². The predicted octanol–water partition coefficient (Wildman–Crippen LogP) is 4.78. The lowest BCUT2D eigenvalue weighted by atomic mass is 9.95. The van der Waals surface area contributed by atoms with Crippen molar-refractivity contribution in [3.05, 3.63) is 83.4 Å². The van der Waals surface area contributed by atoms with Crippen LogP contribution in [0.1, 0.15) is 34.3 Å². The van der Waals surface area contributed by atoms with Crippen molar-refractivity contribution in [1.29, 1.82) is 0 Å². The number of amides is 1. The Morgan fingerprint density at radius 3 is 2.65 bits per heavy atom. The van der Waals surface area contributed by atoms with E-state index < -0.39 is 10.0 Å². The maximum Gasteiger partial charge on any atom is 0.264 e. The predicted molar refractivity (Wildman–Crippen MR) is 134 cm³/mol. The summed E-state index contributed by atoms with van der Waals surface area (Å²) in [6.45, 7) is 2.26. The zero-order valence-corrected chi connectivity index (χ0v) is 19.9. The van der Waals surface area contributed by atoms with E-state index in [1.807, 2.05) is 55.5 Å². The van der Waals surface area contributed by atoms with Gasteiger partial charge >= 0.3 is 0 Å². The number of hydrogen-bond donors (Lipinski definition) is 1. The quantitative estimate of drug-likeness (QED) is 0.558. The normalized spacial score (nSPS) is 15.1. The number of aryl methyl sites for hydroxylation is 1. The first-order chi connectivity index (χ1) is 16.4. The molecular formula is C27H26N2O4S. The van der Waals surface area contributed by atoms with E-state index >= 15 is 0 Å². The van der Waals surface area contributed by atoms with E-state index in [9.17, 15) is 13.2 Å². The zero-order valence-electron chi connectivity index (χ0n) is 19.1. The number of rotatable bonds is 6. The van der Waals surface area contributed by atoms with Gasteiger partial charge in [0.2, 0.25) is 0 Å². The molecule has 0 radical (unpaired) electrons. The topological polar surface area (TPSA) is 75.7 Å². The van der Waals surface area contributed by atoms with Crippen molar-refractivity contribution < 1.29 is 17.9 Å². The van der Waals surface area contributed by atoms with E-state index in [4.69, 9.17) is 4.74 Å². The summed E-state index contributed by atoms with van der Waals surface area (Å²) >= 11 is 0. The highest BCUT2D eigenvalue weighted by molar-refractivity contribution is 7.92. The molecule has 0 aromatic heterocycles. The number of ether oxygens (including phenoxy) is 1. The lowest BCUT2D eigenvalue weighted by molar-refractivity contribution is 0.0951. The summed E-state index contributed by atoms with van der Waals surface area (Å²) in [4.78, 5) is 12.7. The van der Waals surface area contributed by atoms with E-state index in [1.54, 1.807) is 18.2 Å². The maximum atomic E-state index is 13.4. The molecule has 3 aromatic carbocycles. The Kier molecular flexibility index (Phi) is 5.65. The van der Waals surface area contributed by atoms with Gasteiger partial charge in [0.25, 0.3) is 15.9 Å². The number of methoxy groups -OCH3 is 1. The number of fused-ring (bicyclic) bond motifs is 1. The number of benzene rings is 3. The Hall–Kier alpha value is -3.58. The van der Waals surface area contributed by atoms with Crippen molar-refractivity contribution >= 4 is 27.7 Å². The van der Waals surface area contributed by atoms with Gasteiger partial charge < -0.3 is 10.1 Å². The molecule has 1 N–H and O–H groups in total. The molecule has 1 aliphatic heterocycles. The Morgan fingerprint density at radius 2 is 1.88 bits per heavy atom. The first-order valence-electron chi connectivity index (χ1n) is 11.3. The van der Waals surface area contributed by atoms with Gasteiger partial charge in [-0.3, -0.25) is 9.10 Å². The molecule has 3 aromatic rings. The van der Waals surface area contributed by atoms with E-state index in [2.05, 4.69) is 5.32 Å². The van der Waals surface area contributed by atoms with Crippen molar-refractivity contribution in [3.63, 3.8) is 0 Å². The second-order valence-corrected chi connectivity index (χ2v) is 10.5. The van der Waals surface area contributed by atoms with Crippen LogP contribution in [0.2, 0.25) is 0 Å². The molecule has 5 rings (SSSR count). The summed E-state index contributed by atoms with van der Waals surface area (Å²) in [6, 6.07) is 18.2. The fourth-order valence-electron chi connectivity index (χ4n) is 4.14. The monoisotopic (exact) mass is 474 g/mol. The minimum absolute atomic E-state index is 0.0582. The molecule has 1 saturated carbocycles. The number of nitrogens with zero attached hydrogens (tertiary/aromatic N) is 1. The van der Waals surface area contributed by atoms with Crippen molar-refractivity contribution in [2.24, 2.45) is 0 Å². The molecule has 2 aliphatic rings. The SMILES string of the molecule is COc1cccc(S(=O)(=O)N2CC=Cc3cc(-c4cc(C(=O)NC5CC5)ccc4C)ccc32)c1. The third kappa shape index (κ3) is 4.19. The summed E-state index contributed by atoms with van der Waals surface area (Å²) in [5.74, 6) is 0.433. The molecular weight excluding hydrogens is 448 g/mol. The minimum Gasteiger partial charge on any atom is -0.497 e. The Labute approximate surface area is 199 Å². The molecule has 1 heterocycles. The van der Waals surface area contributed by atoms with Gasteiger partial charge in [-0.25, -0.2) is 8.42 Å². The second-order valence-electron chi connectivity index (χ2n) is 8.67. The standard InChI is InChI=1S/C27H26N2O4S/c1-18-8-9-21(27(30)28-22-11-12-22)16-25(18)19-10-13-26-20(15-19)5-4-14-29(26)34(31,32)24-7-3-6-23(17-24)33-2/h3-10,13,15-17,22H,11-12,14H2,1-2H3,(H,28,30). The molecule has 0 atom stereocenters. The van der Waals surface area contributed by atoms with Gasteiger partial charge in [0.05, 0.1) is 24.2 Å². The fraction of sp³-hybridized carbons (Fsp3) is 0.222. The van der Waals surface area contributed by atoms with Crippen molar-refractivity contribution in [2.75, 3.05) is 18.0 Å². The van der Waals surface area contributed by atoms with Crippen LogP contribution in [0, 0.1) is 6.92 Å². The van der Waals surface area contributed by atoms with E-state index in [0.29, 0.717) is 23.0 Å². The van der Waals surface area contributed by atoms with Gasteiger partial charge in [-0.05, 0) is 78.4 Å². The van der Waals surface area contributed by atoms with Crippen LogP contribution >= 0.6 is 0 Å². The van der Waals surface area contributed by atoms with Crippen LogP contribution in [0.5, 0.6) is 5.75 Å². The molecule has 34 heavy (non-hydrogen) atoms. The third-order valence-electron chi connectivity index (χ3n) is 6.22. The van der Waals surface area contributed by atoms with Gasteiger partial charge in [0.1, 0.15) is 5.75 Å². The summed E-state index contributed by atoms with van der Waals surface area (Å²) in [5.41, 5.74) is 4.98. The lowest BCUT2D eigenvalue weighted by Gasteiger charge is -2.28. The average molecular weight is 475 g/mol. The number of sulfonamides is 1. The fourth-order valence-corrected chi connectivity index (χ4v) is 5.62. The van der Waals surface area contributed by atoms with Gasteiger partial charge in [-0.1, -0.05) is 30.4 Å². The second kappa shape index (κ2) is 8.65. The molecule has 1 amide bonds. The summed E-state index contributed by atoms with van der Waals surface area (Å²) in [5, 5.41) is 3.03. The molecule has 1 aliphatic carbocycles. The first kappa shape index (κ1) is 22.2. The van der Waals surface area contributed by atoms with Crippen molar-refractivity contribution in [1.82, 2.24) is 5.32 Å². The molecule has 0 saturated heterocycles. The summed E-state index contributed by atoms with van der Waals surface area (Å²) in [6.07, 6.45) is 5.86. The van der Waals surface area contributed by atoms with E-state index in [1.165, 1.54) is 17.5 Å². The highest BCUT2D eigenvalue weighted by Gasteiger charge is 2.28. The number of nitrogens with one attached hydrogen (secondary N) is 1. The zero-order chi connectivity index (χ0) is 23.9. The van der Waals surface area contributed by atoms with Crippen LogP contribution in [0.4, 0.5) is 5.69 Å². The molecule has 1 fully saturated rings. The number of hydrogen-bond acceptors (Lipinski definition) is 4. The summed E-state index contributed by atoms with van der Waals surface area (Å²) in [7, 11) is -2.26. The Morgan fingerprint density at radius 1 is 1.06 bits per heavy atom. The van der Waals surface area contributed by atoms with Crippen LogP contribution in [0.15, 0.2) is 71.6 Å². The van der Waals surface area contributed by atoms with Crippen LogP contribution in [0.25, 0.3) is 17.2 Å². The van der Waals surface area contributed by atoms with Gasteiger partial charge in [0, 0.05) is 17.7 Å². The Balaban J connectivity index is 1.50. The number of anilines is 1. The van der Waals surface area contributed by atoms with Crippen LogP contribution < -0.4 is 14.4 Å². The van der Waals surface area contributed by atoms with Crippen LogP contribution in [0.3, 0.4) is 0 Å². The molecule has 6 nitrogen and oxygen atoms in total. The summed E-state index contributed by atoms with van der Waals surface area (Å²) < 4.78 is 33.5. The number of carbonyl (C=O) groups is 1. The number of carbonyl (C=O) groups excluding carboxylic acids is 1. The Bertz CT molecular complexity index is 1410. The highest BCUT2D eigenvalue weighted by atomic mass is 32.2. The largest absolute Gasteiger partial charge is 0.497 e. The van der Waals surface area contributed by atoms with E-state index in [0.717, 1.165) is 35.1 Å². The van der Waals surface area contributed by atoms with Crippen molar-refractivity contribution in [2.45, 2.75) is 30.7 Å². The lowest BCUT2D eigenvalue weighted by Crippen LogP contribution is -2.33. The van der Waals surface area contributed by atoms with Gasteiger partial charge in [0.15, 0.2) is 0 Å². The minimum atomic E-state index is -3.77. The molecule has 7 heteroatoms. The molecule has 0 spiro atoms. The van der Waals surface area contributed by atoms with Crippen molar-refractivity contribution in [3.8, 4) is 16.9 Å². The first-order valence-corrected chi connectivity index (χ1v) is 12.7.